The van der Waals surface area contributed by atoms with Crippen molar-refractivity contribution >= 4 is 23.2 Å². The Morgan fingerprint density at radius 2 is 2.09 bits per heavy atom. The van der Waals surface area contributed by atoms with Gasteiger partial charge in [0.15, 0.2) is 6.04 Å². The monoisotopic (exact) mass is 335 g/mol. The van der Waals surface area contributed by atoms with Gasteiger partial charge in [-0.25, -0.2) is 4.79 Å². The Morgan fingerprint density at radius 1 is 1.30 bits per heavy atom. The minimum atomic E-state index is -0.547. The smallest absolute Gasteiger partial charge is 0.333 e. The van der Waals surface area contributed by atoms with Crippen molar-refractivity contribution in [2.24, 2.45) is 5.92 Å². The summed E-state index contributed by atoms with van der Waals surface area (Å²) in [6.45, 7) is 0.622. The number of methoxy groups -OCH3 is 1. The van der Waals surface area contributed by atoms with Crippen LogP contribution in [0.15, 0.2) is 11.4 Å². The van der Waals surface area contributed by atoms with E-state index in [1.165, 1.54) is 44.1 Å². The molecule has 2 aliphatic rings. The Hall–Kier alpha value is -1.36. The SMILES string of the molecule is COC(=O)C1c2ccsc2CCN1C(=O)CCC1CCCCC1. The minimum Gasteiger partial charge on any atom is -0.467 e. The van der Waals surface area contributed by atoms with Gasteiger partial charge in [0.2, 0.25) is 5.91 Å². The third-order valence-corrected chi connectivity index (χ3v) is 6.20. The van der Waals surface area contributed by atoms with Crippen molar-refractivity contribution in [1.82, 2.24) is 4.90 Å². The highest BCUT2D eigenvalue weighted by Gasteiger charge is 2.37. The van der Waals surface area contributed by atoms with Crippen LogP contribution in [0.25, 0.3) is 0 Å². The normalized spacial score (nSPS) is 21.8. The number of amides is 1. The summed E-state index contributed by atoms with van der Waals surface area (Å²) in [7, 11) is 1.40. The van der Waals surface area contributed by atoms with Gasteiger partial charge in [-0.1, -0.05) is 32.1 Å². The van der Waals surface area contributed by atoms with Gasteiger partial charge in [0, 0.05) is 17.8 Å². The van der Waals surface area contributed by atoms with Gasteiger partial charge in [0.1, 0.15) is 0 Å². The first-order valence-corrected chi connectivity index (χ1v) is 9.52. The molecule has 1 aliphatic carbocycles. The molecule has 1 saturated carbocycles. The highest BCUT2D eigenvalue weighted by molar-refractivity contribution is 7.10. The first-order valence-electron chi connectivity index (χ1n) is 8.64. The predicted octanol–water partition coefficient (Wildman–Crippen LogP) is 3.71. The molecule has 0 N–H and O–H groups in total. The lowest BCUT2D eigenvalue weighted by atomic mass is 9.86. The molecule has 1 unspecified atom stereocenters. The third kappa shape index (κ3) is 3.60. The van der Waals surface area contributed by atoms with Gasteiger partial charge in [0.05, 0.1) is 7.11 Å². The number of esters is 1. The standard InChI is InChI=1S/C18H25NO3S/c1-22-18(21)17-14-10-12-23-15(14)9-11-19(17)16(20)8-7-13-5-3-2-4-6-13/h10,12-13,17H,2-9,11H2,1H3. The molecule has 0 bridgehead atoms. The summed E-state index contributed by atoms with van der Waals surface area (Å²) in [6.07, 6.45) is 8.79. The quantitative estimate of drug-likeness (QED) is 0.788. The number of nitrogens with zero attached hydrogens (tertiary/aromatic N) is 1. The summed E-state index contributed by atoms with van der Waals surface area (Å²) in [5.74, 6) is 0.462. The van der Waals surface area contributed by atoms with E-state index in [1.807, 2.05) is 11.4 Å². The van der Waals surface area contributed by atoms with Crippen molar-refractivity contribution in [3.05, 3.63) is 21.9 Å². The molecule has 3 rings (SSSR count). The van der Waals surface area contributed by atoms with Crippen LogP contribution >= 0.6 is 11.3 Å². The number of hydrogen-bond donors (Lipinski definition) is 0. The molecule has 1 amide bonds. The van der Waals surface area contributed by atoms with E-state index in [2.05, 4.69) is 0 Å². The number of fused-ring (bicyclic) bond motifs is 1. The van der Waals surface area contributed by atoms with Crippen molar-refractivity contribution in [2.45, 2.75) is 57.4 Å². The fourth-order valence-corrected chi connectivity index (χ4v) is 4.80. The number of thiophene rings is 1. The zero-order valence-electron chi connectivity index (χ0n) is 13.8. The molecule has 1 aromatic rings. The molecule has 0 aromatic carbocycles. The molecule has 2 heterocycles. The van der Waals surface area contributed by atoms with Gasteiger partial charge < -0.3 is 9.64 Å². The molecule has 23 heavy (non-hydrogen) atoms. The third-order valence-electron chi connectivity index (χ3n) is 5.20. The Labute approximate surface area is 141 Å². The lowest BCUT2D eigenvalue weighted by Gasteiger charge is -2.34. The number of rotatable bonds is 4. The van der Waals surface area contributed by atoms with E-state index in [-0.39, 0.29) is 11.9 Å². The molecular formula is C18H25NO3S. The van der Waals surface area contributed by atoms with Crippen LogP contribution in [0.4, 0.5) is 0 Å². The fraction of sp³-hybridized carbons (Fsp3) is 0.667. The van der Waals surface area contributed by atoms with E-state index < -0.39 is 6.04 Å². The van der Waals surface area contributed by atoms with E-state index in [9.17, 15) is 9.59 Å². The molecule has 1 fully saturated rings. The Bertz CT molecular complexity index is 562. The lowest BCUT2D eigenvalue weighted by molar-refractivity contribution is -0.154. The second-order valence-electron chi connectivity index (χ2n) is 6.60. The summed E-state index contributed by atoms with van der Waals surface area (Å²) in [6, 6.07) is 1.41. The van der Waals surface area contributed by atoms with Crippen molar-refractivity contribution in [3.63, 3.8) is 0 Å². The molecule has 126 valence electrons. The molecule has 1 aliphatic heterocycles. The average molecular weight is 335 g/mol. The first kappa shape index (κ1) is 16.5. The van der Waals surface area contributed by atoms with Gasteiger partial charge in [0.25, 0.3) is 0 Å². The van der Waals surface area contributed by atoms with Crippen LogP contribution in [0.5, 0.6) is 0 Å². The summed E-state index contributed by atoms with van der Waals surface area (Å²) in [4.78, 5) is 27.9. The zero-order valence-corrected chi connectivity index (χ0v) is 14.6. The molecule has 0 spiro atoms. The first-order chi connectivity index (χ1) is 11.2. The Kier molecular flexibility index (Phi) is 5.36. The molecule has 4 nitrogen and oxygen atoms in total. The topological polar surface area (TPSA) is 46.6 Å². The second kappa shape index (κ2) is 7.47. The van der Waals surface area contributed by atoms with E-state index in [0.717, 1.165) is 18.4 Å². The number of carbonyl (C=O) groups excluding carboxylic acids is 2. The number of carbonyl (C=O) groups is 2. The second-order valence-corrected chi connectivity index (χ2v) is 7.61. The van der Waals surface area contributed by atoms with Crippen LogP contribution in [0, 0.1) is 5.92 Å². The van der Waals surface area contributed by atoms with Gasteiger partial charge in [-0.2, -0.15) is 0 Å². The van der Waals surface area contributed by atoms with Crippen LogP contribution in [0.1, 0.15) is 61.4 Å². The van der Waals surface area contributed by atoms with Crippen molar-refractivity contribution in [3.8, 4) is 0 Å². The van der Waals surface area contributed by atoms with Crippen LogP contribution in [0.3, 0.4) is 0 Å². The molecular weight excluding hydrogens is 310 g/mol. The molecule has 1 aromatic heterocycles. The van der Waals surface area contributed by atoms with E-state index in [1.54, 1.807) is 16.2 Å². The zero-order chi connectivity index (χ0) is 16.2. The number of hydrogen-bond acceptors (Lipinski definition) is 4. The van der Waals surface area contributed by atoms with Crippen LogP contribution < -0.4 is 0 Å². The maximum Gasteiger partial charge on any atom is 0.333 e. The fourth-order valence-electron chi connectivity index (χ4n) is 3.90. The van der Waals surface area contributed by atoms with Gasteiger partial charge in [-0.15, -0.1) is 11.3 Å². The maximum absolute atomic E-state index is 12.7. The van der Waals surface area contributed by atoms with E-state index >= 15 is 0 Å². The largest absolute Gasteiger partial charge is 0.467 e. The summed E-state index contributed by atoms with van der Waals surface area (Å²) in [5, 5.41) is 2.00. The van der Waals surface area contributed by atoms with Crippen molar-refractivity contribution < 1.29 is 14.3 Å². The summed E-state index contributed by atoms with van der Waals surface area (Å²) in [5.41, 5.74) is 0.958. The highest BCUT2D eigenvalue weighted by Crippen LogP contribution is 2.35. The van der Waals surface area contributed by atoms with Crippen LogP contribution in [-0.2, 0) is 20.7 Å². The summed E-state index contributed by atoms with van der Waals surface area (Å²) >= 11 is 1.66. The molecule has 0 saturated heterocycles. The Morgan fingerprint density at radius 3 is 2.83 bits per heavy atom. The average Bonchev–Trinajstić information content (AvgIpc) is 3.07. The highest BCUT2D eigenvalue weighted by atomic mass is 32.1. The van der Waals surface area contributed by atoms with Gasteiger partial charge >= 0.3 is 5.97 Å². The van der Waals surface area contributed by atoms with Gasteiger partial charge in [-0.05, 0) is 35.8 Å². The molecule has 1 atom stereocenters. The molecule has 0 radical (unpaired) electrons. The van der Waals surface area contributed by atoms with Crippen molar-refractivity contribution in [2.75, 3.05) is 13.7 Å². The van der Waals surface area contributed by atoms with E-state index in [4.69, 9.17) is 4.74 Å². The minimum absolute atomic E-state index is 0.0998. The maximum atomic E-state index is 12.7. The lowest BCUT2D eigenvalue weighted by Crippen LogP contribution is -2.43. The Balaban J connectivity index is 1.67. The molecule has 5 heteroatoms. The van der Waals surface area contributed by atoms with Crippen molar-refractivity contribution in [1.29, 1.82) is 0 Å². The summed E-state index contributed by atoms with van der Waals surface area (Å²) < 4.78 is 4.96. The van der Waals surface area contributed by atoms with Gasteiger partial charge in [-0.3, -0.25) is 4.79 Å². The van der Waals surface area contributed by atoms with Crippen LogP contribution in [-0.4, -0.2) is 30.4 Å². The number of ether oxygens (including phenoxy) is 1. The van der Waals surface area contributed by atoms with E-state index in [0.29, 0.717) is 18.9 Å². The van der Waals surface area contributed by atoms with Crippen LogP contribution in [0.2, 0.25) is 0 Å². The predicted molar refractivity (Wildman–Crippen MR) is 90.3 cm³/mol.